The summed E-state index contributed by atoms with van der Waals surface area (Å²) in [6, 6.07) is -0.331. The van der Waals surface area contributed by atoms with Crippen molar-refractivity contribution in [3.05, 3.63) is 0 Å². The van der Waals surface area contributed by atoms with E-state index in [1.165, 1.54) is 0 Å². The van der Waals surface area contributed by atoms with Crippen LogP contribution >= 0.6 is 0 Å². The topological polar surface area (TPSA) is 47.6 Å². The van der Waals surface area contributed by atoms with E-state index < -0.39 is 5.79 Å². The molecule has 0 aromatic heterocycles. The van der Waals surface area contributed by atoms with Crippen LogP contribution in [0.1, 0.15) is 27.2 Å². The van der Waals surface area contributed by atoms with E-state index in [0.29, 0.717) is 6.42 Å². The van der Waals surface area contributed by atoms with Crippen molar-refractivity contribution in [3.8, 4) is 0 Å². The summed E-state index contributed by atoms with van der Waals surface area (Å²) in [5.74, 6) is -0.671. The maximum Gasteiger partial charge on any atom is 3.00 e. The van der Waals surface area contributed by atoms with Crippen molar-refractivity contribution in [2.45, 2.75) is 39.0 Å². The zero-order valence-corrected chi connectivity index (χ0v) is 13.9. The molecule has 90 valence electrons. The van der Waals surface area contributed by atoms with E-state index in [1.54, 1.807) is 21.3 Å². The van der Waals surface area contributed by atoms with Crippen LogP contribution in [0, 0.1) is 5.41 Å². The van der Waals surface area contributed by atoms with Gasteiger partial charge in [-0.2, -0.15) is 0 Å². The Morgan fingerprint density at radius 2 is 1.69 bits per heavy atom. The first-order valence-electron chi connectivity index (χ1n) is 5.00. The Balaban J connectivity index is 0. The van der Waals surface area contributed by atoms with Crippen LogP contribution in [0.2, 0.25) is 0 Å². The summed E-state index contributed by atoms with van der Waals surface area (Å²) >= 11 is 0. The quantitative estimate of drug-likeness (QED) is 0.565. The minimum absolute atomic E-state index is 0. The molecule has 0 fully saturated rings. The Bertz CT molecular complexity index is 205. The van der Waals surface area contributed by atoms with Crippen LogP contribution in [-0.2, 0) is 47.0 Å². The molecule has 0 aliphatic carbocycles. The van der Waals surface area contributed by atoms with Crippen molar-refractivity contribution in [1.29, 1.82) is 0 Å². The molecule has 1 unspecified atom stereocenters. The molecule has 0 aliphatic rings. The predicted molar refractivity (Wildman–Crippen MR) is 59.4 cm³/mol. The first kappa shape index (κ1) is 19.0. The van der Waals surface area contributed by atoms with Gasteiger partial charge in [0.05, 0.1) is 0 Å². The monoisotopic (exact) mass is 305 g/mol. The molecule has 0 aliphatic heterocycles. The second-order valence-electron chi connectivity index (χ2n) is 4.55. The molecule has 0 amide bonds. The van der Waals surface area contributed by atoms with E-state index in [0.717, 1.165) is 0 Å². The second kappa shape index (κ2) is 7.88. The van der Waals surface area contributed by atoms with E-state index >= 15 is 0 Å². The van der Waals surface area contributed by atoms with E-state index in [4.69, 9.17) is 9.47 Å². The number of rotatable bonds is 7. The second-order valence-corrected chi connectivity index (χ2v) is 4.55. The minimum atomic E-state index is -0.671. The summed E-state index contributed by atoms with van der Waals surface area (Å²) in [7, 11) is 4.94. The normalized spacial score (nSPS) is 14.1. The molecular weight excluding hydrogens is 283 g/mol. The average Bonchev–Trinajstić information content (AvgIpc) is 2.18. The molecule has 0 heterocycles. The molecule has 16 heavy (non-hydrogen) atoms. The van der Waals surface area contributed by atoms with Crippen LogP contribution in [0.5, 0.6) is 0 Å². The molecule has 0 saturated heterocycles. The van der Waals surface area contributed by atoms with Crippen LogP contribution in [-0.4, -0.2) is 39.4 Å². The fourth-order valence-electron chi connectivity index (χ4n) is 1.77. The molecule has 1 atom stereocenters. The summed E-state index contributed by atoms with van der Waals surface area (Å²) < 4.78 is 10.6. The number of ether oxygens (including phenoxy) is 2. The van der Waals surface area contributed by atoms with Crippen molar-refractivity contribution >= 4 is 6.29 Å². The van der Waals surface area contributed by atoms with Gasteiger partial charge in [-0.05, 0) is 19.4 Å². The Labute approximate surface area is 124 Å². The first-order valence-corrected chi connectivity index (χ1v) is 5.00. The van der Waals surface area contributed by atoms with E-state index in [9.17, 15) is 4.79 Å². The molecule has 0 spiro atoms. The van der Waals surface area contributed by atoms with Gasteiger partial charge >= 0.3 is 32.7 Å². The van der Waals surface area contributed by atoms with Gasteiger partial charge in [0.25, 0.3) is 0 Å². The van der Waals surface area contributed by atoms with Gasteiger partial charge in [0.15, 0.2) is 5.79 Å². The molecule has 5 heteroatoms. The molecule has 0 radical (unpaired) electrons. The van der Waals surface area contributed by atoms with E-state index in [2.05, 4.69) is 5.32 Å². The van der Waals surface area contributed by atoms with Crippen LogP contribution in [0.25, 0.3) is 0 Å². The van der Waals surface area contributed by atoms with Crippen molar-refractivity contribution in [2.75, 3.05) is 21.3 Å². The van der Waals surface area contributed by atoms with Crippen molar-refractivity contribution < 1.29 is 47.0 Å². The molecule has 0 saturated carbocycles. The molecule has 0 bridgehead atoms. The smallest absolute Gasteiger partial charge is 0.540 e. The molecule has 4 nitrogen and oxygen atoms in total. The van der Waals surface area contributed by atoms with Crippen molar-refractivity contribution in [2.24, 2.45) is 5.41 Å². The molecular formula is C11H22NO3Y+2. The summed E-state index contributed by atoms with van der Waals surface area (Å²) in [4.78, 5) is 10.8. The Morgan fingerprint density at radius 1 is 1.25 bits per heavy atom. The molecule has 1 N–H and O–H groups in total. The van der Waals surface area contributed by atoms with Gasteiger partial charge in [-0.3, -0.25) is 0 Å². The average molecular weight is 305 g/mol. The van der Waals surface area contributed by atoms with E-state index in [1.807, 2.05) is 27.1 Å². The van der Waals surface area contributed by atoms with Crippen LogP contribution < -0.4 is 5.32 Å². The zero-order valence-electron chi connectivity index (χ0n) is 11.1. The third kappa shape index (κ3) is 5.32. The number of likely N-dealkylation sites (N-methyl/N-ethyl adjacent to an activating group) is 1. The Hall–Kier alpha value is 0.654. The van der Waals surface area contributed by atoms with Gasteiger partial charge in [-0.15, -0.1) is 0 Å². The van der Waals surface area contributed by atoms with E-state index in [-0.39, 0.29) is 44.2 Å². The number of methoxy groups -OCH3 is 2. The van der Waals surface area contributed by atoms with Gasteiger partial charge in [-0.25, -0.2) is 6.29 Å². The third-order valence-electron chi connectivity index (χ3n) is 2.83. The fourth-order valence-corrected chi connectivity index (χ4v) is 1.77. The largest absolute Gasteiger partial charge is 3.00 e. The van der Waals surface area contributed by atoms with Gasteiger partial charge in [0, 0.05) is 20.6 Å². The summed E-state index contributed by atoms with van der Waals surface area (Å²) in [6.45, 7) is 5.82. The third-order valence-corrected chi connectivity index (χ3v) is 2.83. The number of carbonyl (C=O) groups excluding carboxylic acids is 1. The van der Waals surface area contributed by atoms with Gasteiger partial charge in [0.1, 0.15) is 0 Å². The first-order chi connectivity index (χ1) is 6.85. The van der Waals surface area contributed by atoms with Crippen LogP contribution in [0.3, 0.4) is 0 Å². The van der Waals surface area contributed by atoms with Gasteiger partial charge in [0.2, 0.25) is 0 Å². The fraction of sp³-hybridized carbons (Fsp3) is 0.909. The summed E-state index contributed by atoms with van der Waals surface area (Å²) in [5, 5.41) is 2.93. The van der Waals surface area contributed by atoms with Crippen LogP contribution in [0.15, 0.2) is 0 Å². The minimum Gasteiger partial charge on any atom is -0.540 e. The number of hydrogen-bond acceptors (Lipinski definition) is 4. The molecule has 0 aromatic rings. The number of nitrogens with one attached hydrogen (secondary N) is 1. The Morgan fingerprint density at radius 3 is 1.94 bits per heavy atom. The van der Waals surface area contributed by atoms with Crippen LogP contribution in [0.4, 0.5) is 0 Å². The molecule has 0 aromatic carbocycles. The summed E-state index contributed by atoms with van der Waals surface area (Å²) in [6.07, 6.45) is 2.60. The Kier molecular flexibility index (Phi) is 9.36. The maximum atomic E-state index is 10.8. The molecule has 0 rings (SSSR count). The zero-order chi connectivity index (χ0) is 12.1. The summed E-state index contributed by atoms with van der Waals surface area (Å²) in [5.41, 5.74) is -0.280. The van der Waals surface area contributed by atoms with Gasteiger partial charge < -0.3 is 19.6 Å². The standard InChI is InChI=1S/C11H22NO3.Y/c1-10(2,9(7-13)12-4)8-11(3,14-5)15-6;/h9,12H,8H2,1-6H3;/q-1;+3. The van der Waals surface area contributed by atoms with Crippen molar-refractivity contribution in [1.82, 2.24) is 5.32 Å². The maximum absolute atomic E-state index is 10.8. The SMILES string of the molecule is CNC([C-]=O)C(C)(C)CC(C)(OC)OC.[Y+3]. The predicted octanol–water partition coefficient (Wildman–Crippen LogP) is 1.11. The number of hydrogen-bond donors (Lipinski definition) is 1. The van der Waals surface area contributed by atoms with Crippen molar-refractivity contribution in [3.63, 3.8) is 0 Å². The van der Waals surface area contributed by atoms with Gasteiger partial charge in [-0.1, -0.05) is 19.9 Å².